The van der Waals surface area contributed by atoms with Crippen LogP contribution < -0.4 is 4.72 Å². The Morgan fingerprint density at radius 1 is 1.15 bits per heavy atom. The second kappa shape index (κ2) is 4.64. The van der Waals surface area contributed by atoms with Gasteiger partial charge in [0.05, 0.1) is 22.3 Å². The van der Waals surface area contributed by atoms with Gasteiger partial charge in [-0.15, -0.1) is 0 Å². The van der Waals surface area contributed by atoms with Crippen molar-refractivity contribution in [3.05, 3.63) is 54.2 Å². The van der Waals surface area contributed by atoms with E-state index in [0.717, 1.165) is 16.5 Å². The van der Waals surface area contributed by atoms with Crippen LogP contribution in [0.1, 0.15) is 5.56 Å². The zero-order valence-corrected chi connectivity index (χ0v) is 11.6. The molecule has 0 aliphatic rings. The lowest BCUT2D eigenvalue weighted by atomic mass is 10.1. The van der Waals surface area contributed by atoms with E-state index in [-0.39, 0.29) is 4.90 Å². The van der Waals surface area contributed by atoms with Crippen molar-refractivity contribution >= 4 is 26.6 Å². The smallest absolute Gasteiger partial charge is 0.261 e. The van der Waals surface area contributed by atoms with E-state index in [1.165, 1.54) is 0 Å². The molecule has 0 radical (unpaired) electrons. The number of aromatic nitrogens is 2. The van der Waals surface area contributed by atoms with Crippen LogP contribution in [-0.4, -0.2) is 18.6 Å². The minimum atomic E-state index is -3.57. The summed E-state index contributed by atoms with van der Waals surface area (Å²) in [5, 5.41) is 7.71. The molecule has 0 saturated carbocycles. The average molecular weight is 287 g/mol. The second-order valence-corrected chi connectivity index (χ2v) is 6.23. The van der Waals surface area contributed by atoms with E-state index in [2.05, 4.69) is 14.9 Å². The van der Waals surface area contributed by atoms with Gasteiger partial charge in [0.25, 0.3) is 10.0 Å². The average Bonchev–Trinajstić information content (AvgIpc) is 2.87. The summed E-state index contributed by atoms with van der Waals surface area (Å²) in [5.41, 5.74) is 2.19. The first-order valence-electron chi connectivity index (χ1n) is 6.08. The second-order valence-electron chi connectivity index (χ2n) is 4.54. The van der Waals surface area contributed by atoms with Crippen molar-refractivity contribution in [2.45, 2.75) is 11.8 Å². The molecule has 0 fully saturated rings. The summed E-state index contributed by atoms with van der Waals surface area (Å²) in [5.74, 6) is 0. The predicted molar refractivity (Wildman–Crippen MR) is 78.1 cm³/mol. The molecule has 5 nitrogen and oxygen atoms in total. The number of aryl methyl sites for hydroxylation is 1. The van der Waals surface area contributed by atoms with Gasteiger partial charge in [-0.05, 0) is 36.8 Å². The number of benzene rings is 2. The monoisotopic (exact) mass is 287 g/mol. The highest BCUT2D eigenvalue weighted by atomic mass is 32.2. The molecule has 0 aliphatic heterocycles. The Balaban J connectivity index is 2.02. The number of anilines is 1. The van der Waals surface area contributed by atoms with E-state index in [1.807, 2.05) is 13.0 Å². The highest BCUT2D eigenvalue weighted by Gasteiger charge is 2.15. The molecule has 0 amide bonds. The number of rotatable bonds is 3. The van der Waals surface area contributed by atoms with Gasteiger partial charge < -0.3 is 0 Å². The van der Waals surface area contributed by atoms with Gasteiger partial charge in [-0.1, -0.05) is 18.2 Å². The third-order valence-electron chi connectivity index (χ3n) is 3.08. The maximum absolute atomic E-state index is 12.3. The van der Waals surface area contributed by atoms with E-state index in [9.17, 15) is 8.42 Å². The quantitative estimate of drug-likeness (QED) is 0.777. The number of hydrogen-bond acceptors (Lipinski definition) is 3. The van der Waals surface area contributed by atoms with Crippen LogP contribution in [-0.2, 0) is 10.0 Å². The molecule has 20 heavy (non-hydrogen) atoms. The number of nitrogens with one attached hydrogen (secondary N) is 2. The molecular formula is C14H13N3O2S. The zero-order chi connectivity index (χ0) is 14.2. The molecule has 2 N–H and O–H groups in total. The van der Waals surface area contributed by atoms with E-state index in [0.29, 0.717) is 5.69 Å². The molecule has 102 valence electrons. The standard InChI is InChI=1S/C14H13N3O2S/c1-10-7-11-9-15-16-14(11)8-13(10)17-20(18,19)12-5-3-2-4-6-12/h2-9,17H,1H3,(H,15,16). The maximum Gasteiger partial charge on any atom is 0.261 e. The third kappa shape index (κ3) is 2.25. The molecule has 2 aromatic carbocycles. The molecule has 0 saturated heterocycles. The van der Waals surface area contributed by atoms with Crippen molar-refractivity contribution in [1.82, 2.24) is 10.2 Å². The number of H-pyrrole nitrogens is 1. The van der Waals surface area contributed by atoms with Gasteiger partial charge in [0.15, 0.2) is 0 Å². The number of sulfonamides is 1. The summed E-state index contributed by atoms with van der Waals surface area (Å²) < 4.78 is 27.2. The van der Waals surface area contributed by atoms with Gasteiger partial charge in [0.1, 0.15) is 0 Å². The van der Waals surface area contributed by atoms with Crippen molar-refractivity contribution in [3.63, 3.8) is 0 Å². The van der Waals surface area contributed by atoms with E-state index in [4.69, 9.17) is 0 Å². The fourth-order valence-electron chi connectivity index (χ4n) is 2.02. The van der Waals surface area contributed by atoms with Crippen LogP contribution in [0.4, 0.5) is 5.69 Å². The highest BCUT2D eigenvalue weighted by Crippen LogP contribution is 2.24. The molecule has 1 heterocycles. The van der Waals surface area contributed by atoms with Crippen LogP contribution >= 0.6 is 0 Å². The Labute approximate surface area is 116 Å². The lowest BCUT2D eigenvalue weighted by molar-refractivity contribution is 0.601. The summed E-state index contributed by atoms with van der Waals surface area (Å²) in [6.07, 6.45) is 1.71. The minimum Gasteiger partial charge on any atom is -0.279 e. The third-order valence-corrected chi connectivity index (χ3v) is 4.46. The fourth-order valence-corrected chi connectivity index (χ4v) is 3.16. The molecule has 0 spiro atoms. The van der Waals surface area contributed by atoms with E-state index < -0.39 is 10.0 Å². The molecule has 0 bridgehead atoms. The SMILES string of the molecule is Cc1cc2cn[nH]c2cc1NS(=O)(=O)c1ccccc1. The number of fused-ring (bicyclic) bond motifs is 1. The lowest BCUT2D eigenvalue weighted by Crippen LogP contribution is -2.13. The first-order valence-corrected chi connectivity index (χ1v) is 7.56. The fraction of sp³-hybridized carbons (Fsp3) is 0.0714. The van der Waals surface area contributed by atoms with Crippen LogP contribution in [0.5, 0.6) is 0 Å². The predicted octanol–water partition coefficient (Wildman–Crippen LogP) is 2.67. The summed E-state index contributed by atoms with van der Waals surface area (Å²) in [7, 11) is -3.57. The normalized spacial score (nSPS) is 11.7. The van der Waals surface area contributed by atoms with Crippen LogP contribution in [0, 0.1) is 6.92 Å². The van der Waals surface area contributed by atoms with E-state index >= 15 is 0 Å². The summed E-state index contributed by atoms with van der Waals surface area (Å²) in [4.78, 5) is 0.240. The van der Waals surface area contributed by atoms with Gasteiger partial charge in [-0.3, -0.25) is 9.82 Å². The summed E-state index contributed by atoms with van der Waals surface area (Å²) in [6, 6.07) is 11.9. The first-order chi connectivity index (χ1) is 9.56. The molecule has 0 unspecified atom stereocenters. The molecule has 3 rings (SSSR count). The van der Waals surface area contributed by atoms with Gasteiger partial charge in [-0.2, -0.15) is 5.10 Å². The minimum absolute atomic E-state index is 0.240. The van der Waals surface area contributed by atoms with Crippen LogP contribution in [0.2, 0.25) is 0 Å². The first kappa shape index (κ1) is 12.7. The summed E-state index contributed by atoms with van der Waals surface area (Å²) >= 11 is 0. The Kier molecular flexibility index (Phi) is 2.94. The zero-order valence-electron chi connectivity index (χ0n) is 10.8. The largest absolute Gasteiger partial charge is 0.279 e. The Morgan fingerprint density at radius 3 is 2.65 bits per heavy atom. The maximum atomic E-state index is 12.3. The van der Waals surface area contributed by atoms with Gasteiger partial charge in [0.2, 0.25) is 0 Å². The number of nitrogens with zero attached hydrogens (tertiary/aromatic N) is 1. The van der Waals surface area contributed by atoms with Crippen molar-refractivity contribution in [2.24, 2.45) is 0 Å². The number of hydrogen-bond donors (Lipinski definition) is 2. The number of aromatic amines is 1. The molecule has 1 aromatic heterocycles. The van der Waals surface area contributed by atoms with Gasteiger partial charge in [-0.25, -0.2) is 8.42 Å². The Hall–Kier alpha value is -2.34. The van der Waals surface area contributed by atoms with Crippen LogP contribution in [0.3, 0.4) is 0 Å². The van der Waals surface area contributed by atoms with Crippen molar-refractivity contribution in [2.75, 3.05) is 4.72 Å². The van der Waals surface area contributed by atoms with Crippen molar-refractivity contribution in [3.8, 4) is 0 Å². The van der Waals surface area contributed by atoms with Crippen molar-refractivity contribution < 1.29 is 8.42 Å². The van der Waals surface area contributed by atoms with Gasteiger partial charge >= 0.3 is 0 Å². The van der Waals surface area contributed by atoms with Crippen LogP contribution in [0.25, 0.3) is 10.9 Å². The molecular weight excluding hydrogens is 274 g/mol. The topological polar surface area (TPSA) is 74.8 Å². The van der Waals surface area contributed by atoms with E-state index in [1.54, 1.807) is 42.6 Å². The van der Waals surface area contributed by atoms with Crippen LogP contribution in [0.15, 0.2) is 53.6 Å². The lowest BCUT2D eigenvalue weighted by Gasteiger charge is -2.10. The molecule has 6 heteroatoms. The summed E-state index contributed by atoms with van der Waals surface area (Å²) in [6.45, 7) is 1.86. The molecule has 3 aromatic rings. The molecule has 0 aliphatic carbocycles. The molecule has 0 atom stereocenters. The Bertz CT molecular complexity index is 855. The van der Waals surface area contributed by atoms with Gasteiger partial charge in [0, 0.05) is 5.39 Å². The highest BCUT2D eigenvalue weighted by molar-refractivity contribution is 7.92. The van der Waals surface area contributed by atoms with Crippen molar-refractivity contribution in [1.29, 1.82) is 0 Å². The Morgan fingerprint density at radius 2 is 1.90 bits per heavy atom.